The lowest BCUT2D eigenvalue weighted by Gasteiger charge is -2.12. The average molecular weight is 305 g/mol. The lowest BCUT2D eigenvalue weighted by molar-refractivity contribution is 0.491. The first-order chi connectivity index (χ1) is 10.2. The predicted molar refractivity (Wildman–Crippen MR) is 88.2 cm³/mol. The zero-order valence-electron chi connectivity index (χ0n) is 12.8. The Morgan fingerprint density at radius 1 is 1.38 bits per heavy atom. The van der Waals surface area contributed by atoms with Gasteiger partial charge in [0.05, 0.1) is 11.7 Å². The number of hydrogen-bond acceptors (Lipinski definition) is 4. The van der Waals surface area contributed by atoms with Gasteiger partial charge in [-0.3, -0.25) is 9.36 Å². The minimum absolute atomic E-state index is 0.114. The van der Waals surface area contributed by atoms with Crippen LogP contribution in [0.5, 0.6) is 0 Å². The number of nitrogens with one attached hydrogen (secondary N) is 1. The molecule has 0 spiro atoms. The molecule has 5 heteroatoms. The van der Waals surface area contributed by atoms with E-state index in [1.54, 1.807) is 22.2 Å². The maximum atomic E-state index is 12.5. The van der Waals surface area contributed by atoms with Crippen LogP contribution in [0.4, 0.5) is 0 Å². The highest BCUT2D eigenvalue weighted by Gasteiger charge is 2.14. The minimum atomic E-state index is 0.114. The van der Waals surface area contributed by atoms with Crippen LogP contribution in [0.1, 0.15) is 42.5 Å². The Bertz CT molecular complexity index is 683. The largest absolute Gasteiger partial charge is 0.314 e. The van der Waals surface area contributed by atoms with Crippen LogP contribution in [-0.2, 0) is 6.54 Å². The van der Waals surface area contributed by atoms with Crippen molar-refractivity contribution >= 4 is 21.6 Å². The van der Waals surface area contributed by atoms with Gasteiger partial charge in [0.2, 0.25) is 0 Å². The van der Waals surface area contributed by atoms with Gasteiger partial charge in [0, 0.05) is 17.5 Å². The second-order valence-corrected chi connectivity index (χ2v) is 7.20. The Morgan fingerprint density at radius 2 is 2.14 bits per heavy atom. The standard InChI is InChI=1S/C16H23N3OS/c1-11-12(2)21-15-14(11)16(20)19(10-18-15)9-5-8-17-13-6-3-4-7-13/h10,13,17H,3-9H2,1-2H3. The fourth-order valence-electron chi connectivity index (χ4n) is 3.11. The zero-order chi connectivity index (χ0) is 14.8. The molecule has 1 fully saturated rings. The van der Waals surface area contributed by atoms with E-state index in [2.05, 4.69) is 17.2 Å². The van der Waals surface area contributed by atoms with E-state index in [4.69, 9.17) is 0 Å². The van der Waals surface area contributed by atoms with Gasteiger partial charge in [-0.2, -0.15) is 0 Å². The van der Waals surface area contributed by atoms with Gasteiger partial charge < -0.3 is 5.32 Å². The molecule has 0 radical (unpaired) electrons. The van der Waals surface area contributed by atoms with Gasteiger partial charge in [-0.25, -0.2) is 4.98 Å². The molecule has 2 aromatic rings. The lowest BCUT2D eigenvalue weighted by atomic mass is 10.2. The van der Waals surface area contributed by atoms with E-state index in [1.807, 2.05) is 6.92 Å². The van der Waals surface area contributed by atoms with Crippen molar-refractivity contribution in [1.82, 2.24) is 14.9 Å². The second-order valence-electron chi connectivity index (χ2n) is 6.00. The maximum absolute atomic E-state index is 12.5. The van der Waals surface area contributed by atoms with E-state index < -0.39 is 0 Å². The Kier molecular flexibility index (Phi) is 4.40. The zero-order valence-corrected chi connectivity index (χ0v) is 13.6. The molecule has 2 aromatic heterocycles. The van der Waals surface area contributed by atoms with E-state index in [1.165, 1.54) is 30.6 Å². The first-order valence-electron chi connectivity index (χ1n) is 7.85. The highest BCUT2D eigenvalue weighted by Crippen LogP contribution is 2.25. The summed E-state index contributed by atoms with van der Waals surface area (Å²) in [5.74, 6) is 0. The van der Waals surface area contributed by atoms with Crippen LogP contribution in [0.25, 0.3) is 10.2 Å². The Labute approximate surface area is 129 Å². The Balaban J connectivity index is 1.65. The molecule has 2 heterocycles. The number of rotatable bonds is 5. The lowest BCUT2D eigenvalue weighted by Crippen LogP contribution is -2.29. The molecule has 3 rings (SSSR count). The molecule has 21 heavy (non-hydrogen) atoms. The van der Waals surface area contributed by atoms with Crippen molar-refractivity contribution in [3.63, 3.8) is 0 Å². The van der Waals surface area contributed by atoms with Crippen molar-refractivity contribution < 1.29 is 0 Å². The molecule has 0 atom stereocenters. The monoisotopic (exact) mass is 305 g/mol. The molecule has 0 aliphatic heterocycles. The summed E-state index contributed by atoms with van der Waals surface area (Å²) in [7, 11) is 0. The molecule has 0 bridgehead atoms. The summed E-state index contributed by atoms with van der Waals surface area (Å²) >= 11 is 1.61. The highest BCUT2D eigenvalue weighted by atomic mass is 32.1. The number of fused-ring (bicyclic) bond motifs is 1. The third kappa shape index (κ3) is 3.04. The molecule has 1 aliphatic rings. The van der Waals surface area contributed by atoms with Gasteiger partial charge in [0.15, 0.2) is 0 Å². The van der Waals surface area contributed by atoms with Gasteiger partial charge in [-0.05, 0) is 45.2 Å². The Hall–Kier alpha value is -1.20. The van der Waals surface area contributed by atoms with E-state index in [9.17, 15) is 4.79 Å². The molecular weight excluding hydrogens is 282 g/mol. The van der Waals surface area contributed by atoms with Crippen molar-refractivity contribution in [3.8, 4) is 0 Å². The second kappa shape index (κ2) is 6.28. The fraction of sp³-hybridized carbons (Fsp3) is 0.625. The molecule has 4 nitrogen and oxygen atoms in total. The van der Waals surface area contributed by atoms with Gasteiger partial charge in [0.25, 0.3) is 5.56 Å². The van der Waals surface area contributed by atoms with Crippen LogP contribution in [0.2, 0.25) is 0 Å². The molecule has 1 N–H and O–H groups in total. The molecule has 1 aliphatic carbocycles. The fourth-order valence-corrected chi connectivity index (χ4v) is 4.10. The summed E-state index contributed by atoms with van der Waals surface area (Å²) in [5, 5.41) is 4.40. The van der Waals surface area contributed by atoms with Crippen molar-refractivity contribution in [2.45, 2.75) is 58.5 Å². The van der Waals surface area contributed by atoms with Crippen LogP contribution in [0.15, 0.2) is 11.1 Å². The normalized spacial score (nSPS) is 16.1. The van der Waals surface area contributed by atoms with Crippen LogP contribution in [-0.4, -0.2) is 22.1 Å². The van der Waals surface area contributed by atoms with Gasteiger partial charge in [0.1, 0.15) is 4.83 Å². The van der Waals surface area contributed by atoms with E-state index in [-0.39, 0.29) is 5.56 Å². The van der Waals surface area contributed by atoms with Crippen LogP contribution < -0.4 is 10.9 Å². The van der Waals surface area contributed by atoms with Crippen molar-refractivity contribution in [2.75, 3.05) is 6.54 Å². The first kappa shape index (κ1) is 14.7. The van der Waals surface area contributed by atoms with Crippen LogP contribution >= 0.6 is 11.3 Å². The van der Waals surface area contributed by atoms with Crippen molar-refractivity contribution in [3.05, 3.63) is 27.1 Å². The Morgan fingerprint density at radius 3 is 2.90 bits per heavy atom. The third-order valence-electron chi connectivity index (χ3n) is 4.52. The summed E-state index contributed by atoms with van der Waals surface area (Å²) in [4.78, 5) is 19.0. The van der Waals surface area contributed by atoms with E-state index in [0.29, 0.717) is 6.04 Å². The third-order valence-corrected chi connectivity index (χ3v) is 5.64. The summed E-state index contributed by atoms with van der Waals surface area (Å²) in [6, 6.07) is 0.698. The average Bonchev–Trinajstić information content (AvgIpc) is 3.07. The van der Waals surface area contributed by atoms with Crippen molar-refractivity contribution in [1.29, 1.82) is 0 Å². The molecule has 0 unspecified atom stereocenters. The number of hydrogen-bond donors (Lipinski definition) is 1. The topological polar surface area (TPSA) is 46.9 Å². The summed E-state index contributed by atoms with van der Waals surface area (Å²) in [6.45, 7) is 5.80. The summed E-state index contributed by atoms with van der Waals surface area (Å²) < 4.78 is 1.76. The maximum Gasteiger partial charge on any atom is 0.262 e. The molecule has 0 saturated heterocycles. The van der Waals surface area contributed by atoms with Crippen LogP contribution in [0.3, 0.4) is 0 Å². The number of aromatic nitrogens is 2. The SMILES string of the molecule is Cc1sc2ncn(CCCNC3CCCC3)c(=O)c2c1C. The molecule has 0 amide bonds. The van der Waals surface area contributed by atoms with Crippen molar-refractivity contribution in [2.24, 2.45) is 0 Å². The molecule has 114 valence electrons. The minimum Gasteiger partial charge on any atom is -0.314 e. The highest BCUT2D eigenvalue weighted by molar-refractivity contribution is 7.18. The molecule has 0 aromatic carbocycles. The smallest absolute Gasteiger partial charge is 0.262 e. The number of nitrogens with zero attached hydrogens (tertiary/aromatic N) is 2. The molecular formula is C16H23N3OS. The van der Waals surface area contributed by atoms with Gasteiger partial charge >= 0.3 is 0 Å². The quantitative estimate of drug-likeness (QED) is 0.864. The molecule has 1 saturated carbocycles. The number of thiophene rings is 1. The van der Waals surface area contributed by atoms with E-state index in [0.717, 1.165) is 35.3 Å². The predicted octanol–water partition coefficient (Wildman–Crippen LogP) is 3.00. The first-order valence-corrected chi connectivity index (χ1v) is 8.67. The van der Waals surface area contributed by atoms with E-state index >= 15 is 0 Å². The summed E-state index contributed by atoms with van der Waals surface area (Å²) in [6.07, 6.45) is 8.01. The van der Waals surface area contributed by atoms with Crippen LogP contribution in [0, 0.1) is 13.8 Å². The van der Waals surface area contributed by atoms with Gasteiger partial charge in [-0.15, -0.1) is 11.3 Å². The summed E-state index contributed by atoms with van der Waals surface area (Å²) in [5.41, 5.74) is 1.20. The number of aryl methyl sites for hydroxylation is 3. The van der Waals surface area contributed by atoms with Gasteiger partial charge in [-0.1, -0.05) is 12.8 Å².